The van der Waals surface area contributed by atoms with Crippen LogP contribution in [0.1, 0.15) is 22.3 Å². The van der Waals surface area contributed by atoms with Crippen molar-refractivity contribution in [3.8, 4) is 0 Å². The maximum absolute atomic E-state index is 13.8. The molecule has 2 heterocycles. The fourth-order valence-electron chi connectivity index (χ4n) is 4.15. The molecular weight excluding hydrogens is 447 g/mol. The van der Waals surface area contributed by atoms with Gasteiger partial charge in [-0.25, -0.2) is 9.18 Å². The Morgan fingerprint density at radius 2 is 1.84 bits per heavy atom. The first-order valence-corrected chi connectivity index (χ1v) is 11.4. The van der Waals surface area contributed by atoms with Crippen LogP contribution in [0, 0.1) is 19.7 Å². The van der Waals surface area contributed by atoms with Crippen LogP contribution < -0.4 is 4.90 Å². The molecule has 1 atom stereocenters. The van der Waals surface area contributed by atoms with Gasteiger partial charge in [0.1, 0.15) is 23.8 Å². The van der Waals surface area contributed by atoms with Crippen LogP contribution in [0.15, 0.2) is 65.6 Å². The Hall–Kier alpha value is -2.96. The summed E-state index contributed by atoms with van der Waals surface area (Å²) in [4.78, 5) is 29.3. The van der Waals surface area contributed by atoms with E-state index in [0.29, 0.717) is 12.3 Å². The lowest BCUT2D eigenvalue weighted by Crippen LogP contribution is -2.55. The SMILES string of the molecule is Cc1ccc(C)c(C[N+]2=C3c4ccccc4SC3C(=O)N(c3ccc(F)c(Cl)c3)C2=O)c1. The van der Waals surface area contributed by atoms with Crippen molar-refractivity contribution in [1.29, 1.82) is 0 Å². The van der Waals surface area contributed by atoms with E-state index in [1.54, 1.807) is 4.58 Å². The van der Waals surface area contributed by atoms with E-state index in [0.717, 1.165) is 32.0 Å². The third kappa shape index (κ3) is 3.34. The van der Waals surface area contributed by atoms with E-state index >= 15 is 0 Å². The highest BCUT2D eigenvalue weighted by molar-refractivity contribution is 8.02. The number of anilines is 1. The van der Waals surface area contributed by atoms with Crippen LogP contribution in [0.25, 0.3) is 0 Å². The molecule has 3 amide bonds. The molecule has 0 aromatic heterocycles. The Balaban J connectivity index is 1.69. The number of nitrogens with zero attached hydrogens (tertiary/aromatic N) is 2. The monoisotopic (exact) mass is 465 g/mol. The Bertz CT molecular complexity index is 1340. The number of aryl methyl sites for hydroxylation is 2. The van der Waals surface area contributed by atoms with E-state index in [4.69, 9.17) is 11.6 Å². The van der Waals surface area contributed by atoms with E-state index in [-0.39, 0.29) is 16.6 Å². The second-order valence-electron chi connectivity index (χ2n) is 7.95. The molecule has 2 aliphatic rings. The Labute approximate surface area is 194 Å². The van der Waals surface area contributed by atoms with Crippen LogP contribution in [0.2, 0.25) is 5.02 Å². The molecule has 0 saturated carbocycles. The maximum Gasteiger partial charge on any atom is 0.506 e. The summed E-state index contributed by atoms with van der Waals surface area (Å²) in [5.74, 6) is -0.958. The van der Waals surface area contributed by atoms with Gasteiger partial charge in [0.25, 0.3) is 0 Å². The van der Waals surface area contributed by atoms with Gasteiger partial charge in [-0.1, -0.05) is 47.5 Å². The molecule has 4 nitrogen and oxygen atoms in total. The smallest absolute Gasteiger partial charge is 0.244 e. The molecule has 0 aliphatic carbocycles. The minimum Gasteiger partial charge on any atom is -0.244 e. The van der Waals surface area contributed by atoms with E-state index in [2.05, 4.69) is 6.07 Å². The first-order chi connectivity index (χ1) is 15.3. The number of rotatable bonds is 3. The van der Waals surface area contributed by atoms with Gasteiger partial charge in [-0.2, -0.15) is 9.37 Å². The number of imide groups is 1. The molecule has 7 heteroatoms. The average molecular weight is 466 g/mol. The Morgan fingerprint density at radius 3 is 2.62 bits per heavy atom. The highest BCUT2D eigenvalue weighted by Gasteiger charge is 2.53. The average Bonchev–Trinajstić information content (AvgIpc) is 3.16. The summed E-state index contributed by atoms with van der Waals surface area (Å²) in [5.41, 5.74) is 5.01. The van der Waals surface area contributed by atoms with Gasteiger partial charge in [-0.15, -0.1) is 16.7 Å². The molecule has 3 aromatic rings. The number of benzene rings is 3. The van der Waals surface area contributed by atoms with E-state index < -0.39 is 17.1 Å². The highest BCUT2D eigenvalue weighted by Crippen LogP contribution is 2.41. The van der Waals surface area contributed by atoms with Crippen LogP contribution in [-0.2, 0) is 11.3 Å². The third-order valence-electron chi connectivity index (χ3n) is 5.81. The summed E-state index contributed by atoms with van der Waals surface area (Å²) < 4.78 is 15.4. The molecule has 0 spiro atoms. The molecule has 160 valence electrons. The molecule has 0 bridgehead atoms. The van der Waals surface area contributed by atoms with Crippen molar-refractivity contribution in [2.75, 3.05) is 4.90 Å². The lowest BCUT2D eigenvalue weighted by molar-refractivity contribution is -0.444. The minimum atomic E-state index is -0.602. The van der Waals surface area contributed by atoms with Crippen molar-refractivity contribution < 1.29 is 18.6 Å². The van der Waals surface area contributed by atoms with Crippen LogP contribution >= 0.6 is 23.4 Å². The number of carbonyl (C=O) groups excluding carboxylic acids is 2. The number of hydrogen-bond acceptors (Lipinski definition) is 3. The van der Waals surface area contributed by atoms with Gasteiger partial charge in [0.05, 0.1) is 5.02 Å². The van der Waals surface area contributed by atoms with Gasteiger partial charge in [-0.3, -0.25) is 0 Å². The molecule has 3 aromatic carbocycles. The van der Waals surface area contributed by atoms with Gasteiger partial charge < -0.3 is 0 Å². The quantitative estimate of drug-likeness (QED) is 0.463. The second-order valence-corrected chi connectivity index (χ2v) is 9.50. The van der Waals surface area contributed by atoms with Crippen LogP contribution in [0.3, 0.4) is 0 Å². The summed E-state index contributed by atoms with van der Waals surface area (Å²) in [7, 11) is 0. The van der Waals surface area contributed by atoms with Crippen molar-refractivity contribution in [2.24, 2.45) is 0 Å². The van der Waals surface area contributed by atoms with Crippen molar-refractivity contribution in [2.45, 2.75) is 30.5 Å². The molecule has 0 fully saturated rings. The Morgan fingerprint density at radius 1 is 1.06 bits per heavy atom. The van der Waals surface area contributed by atoms with Crippen molar-refractivity contribution >= 4 is 46.7 Å². The minimum absolute atomic E-state index is 0.138. The normalized spacial score (nSPS) is 17.6. The number of amides is 3. The maximum atomic E-state index is 13.8. The van der Waals surface area contributed by atoms with Crippen LogP contribution in [0.4, 0.5) is 14.9 Å². The lowest BCUT2D eigenvalue weighted by Gasteiger charge is -2.25. The molecule has 32 heavy (non-hydrogen) atoms. The van der Waals surface area contributed by atoms with Gasteiger partial charge in [0.15, 0.2) is 5.25 Å². The first-order valence-electron chi connectivity index (χ1n) is 10.1. The summed E-state index contributed by atoms with van der Waals surface area (Å²) in [5, 5.41) is -0.708. The molecule has 0 N–H and O–H groups in total. The molecule has 2 aliphatic heterocycles. The molecule has 1 unspecified atom stereocenters. The van der Waals surface area contributed by atoms with Crippen LogP contribution in [0.5, 0.6) is 0 Å². The van der Waals surface area contributed by atoms with Crippen molar-refractivity contribution in [3.63, 3.8) is 0 Å². The molecular formula is C25H19ClFN2O2S+. The zero-order chi connectivity index (χ0) is 22.6. The molecule has 0 radical (unpaired) electrons. The third-order valence-corrected chi connectivity index (χ3v) is 7.37. The van der Waals surface area contributed by atoms with E-state index in [1.165, 1.54) is 30.0 Å². The highest BCUT2D eigenvalue weighted by atomic mass is 35.5. The predicted octanol–water partition coefficient (Wildman–Crippen LogP) is 5.74. The standard InChI is InChI=1S/C25H19ClFN2O2S/c1-14-7-8-15(2)16(11-14)13-28-22-18-5-3-4-6-21(18)32-23(22)24(30)29(25(28)31)17-9-10-20(27)19(26)12-17/h3-12,23H,13H2,1-2H3/q+1. The molecule has 0 saturated heterocycles. The topological polar surface area (TPSA) is 40.4 Å². The lowest BCUT2D eigenvalue weighted by atomic mass is 10.0. The summed E-state index contributed by atoms with van der Waals surface area (Å²) in [6, 6.07) is 17.3. The summed E-state index contributed by atoms with van der Waals surface area (Å²) >= 11 is 7.40. The zero-order valence-electron chi connectivity index (χ0n) is 17.4. The van der Waals surface area contributed by atoms with Gasteiger partial charge in [-0.05, 0) is 49.2 Å². The molecule has 5 rings (SSSR count). The van der Waals surface area contributed by atoms with Crippen molar-refractivity contribution in [1.82, 2.24) is 0 Å². The fourth-order valence-corrected chi connectivity index (χ4v) is 5.61. The largest absolute Gasteiger partial charge is 0.506 e. The van der Waals surface area contributed by atoms with E-state index in [9.17, 15) is 14.0 Å². The number of thioether (sulfide) groups is 1. The fraction of sp³-hybridized carbons (Fsp3) is 0.160. The Kier molecular flexibility index (Phi) is 5.14. The number of fused-ring (bicyclic) bond motifs is 3. The van der Waals surface area contributed by atoms with Gasteiger partial charge in [0, 0.05) is 16.5 Å². The number of urea groups is 1. The second kappa shape index (κ2) is 7.87. The summed E-state index contributed by atoms with van der Waals surface area (Å²) in [6.45, 7) is 4.34. The zero-order valence-corrected chi connectivity index (χ0v) is 19.0. The number of hydrogen-bond donors (Lipinski definition) is 0. The van der Waals surface area contributed by atoms with Crippen molar-refractivity contribution in [3.05, 3.63) is 93.8 Å². The van der Waals surface area contributed by atoms with Crippen LogP contribution in [-0.4, -0.2) is 27.5 Å². The number of halogens is 2. The summed E-state index contributed by atoms with van der Waals surface area (Å²) in [6.07, 6.45) is 0. The van der Waals surface area contributed by atoms with Gasteiger partial charge >= 0.3 is 11.9 Å². The predicted molar refractivity (Wildman–Crippen MR) is 124 cm³/mol. The number of carbonyl (C=O) groups is 2. The van der Waals surface area contributed by atoms with E-state index in [1.807, 2.05) is 50.2 Å². The van der Waals surface area contributed by atoms with Gasteiger partial charge in [0.2, 0.25) is 0 Å². The first kappa shape index (κ1) is 20.9.